The van der Waals surface area contributed by atoms with Crippen molar-refractivity contribution < 1.29 is 4.74 Å². The first-order valence-electron chi connectivity index (χ1n) is 6.76. The van der Waals surface area contributed by atoms with Crippen LogP contribution in [0.3, 0.4) is 0 Å². The molecule has 0 aliphatic carbocycles. The van der Waals surface area contributed by atoms with Crippen LogP contribution in [0.4, 0.5) is 5.82 Å². The highest BCUT2D eigenvalue weighted by molar-refractivity contribution is 5.81. The molecule has 106 valence electrons. The van der Waals surface area contributed by atoms with Gasteiger partial charge in [0.25, 0.3) is 0 Å². The van der Waals surface area contributed by atoms with Crippen LogP contribution in [0.15, 0.2) is 54.6 Å². The quantitative estimate of drug-likeness (QED) is 0.799. The van der Waals surface area contributed by atoms with Crippen molar-refractivity contribution in [3.8, 4) is 22.6 Å². The van der Waals surface area contributed by atoms with Gasteiger partial charge in [-0.2, -0.15) is 5.10 Å². The van der Waals surface area contributed by atoms with Crippen LogP contribution in [0.25, 0.3) is 16.8 Å². The van der Waals surface area contributed by atoms with Crippen molar-refractivity contribution in [3.05, 3.63) is 60.3 Å². The van der Waals surface area contributed by atoms with Gasteiger partial charge in [-0.1, -0.05) is 36.4 Å². The molecule has 1 aromatic heterocycles. The summed E-state index contributed by atoms with van der Waals surface area (Å²) in [5, 5.41) is 4.57. The molecule has 0 fully saturated rings. The standard InChI is InChI=1S/C17H17N3O/c1-12-16(14-10-6-7-11-15(14)21-2)17(18)20(19-12)13-8-4-3-5-9-13/h3-11H,18H2,1-2H3. The third-order valence-corrected chi connectivity index (χ3v) is 3.47. The molecule has 0 atom stereocenters. The van der Waals surface area contributed by atoms with Crippen molar-refractivity contribution >= 4 is 5.82 Å². The summed E-state index contributed by atoms with van der Waals surface area (Å²) in [6, 6.07) is 17.7. The minimum Gasteiger partial charge on any atom is -0.496 e. The van der Waals surface area contributed by atoms with E-state index in [9.17, 15) is 0 Å². The van der Waals surface area contributed by atoms with E-state index >= 15 is 0 Å². The lowest BCUT2D eigenvalue weighted by atomic mass is 10.0. The Hall–Kier alpha value is -2.75. The predicted molar refractivity (Wildman–Crippen MR) is 84.7 cm³/mol. The zero-order valence-corrected chi connectivity index (χ0v) is 12.1. The zero-order valence-electron chi connectivity index (χ0n) is 12.1. The van der Waals surface area contributed by atoms with E-state index in [2.05, 4.69) is 5.10 Å². The molecule has 3 aromatic rings. The van der Waals surface area contributed by atoms with Gasteiger partial charge in [-0.3, -0.25) is 0 Å². The lowest BCUT2D eigenvalue weighted by molar-refractivity contribution is 0.416. The number of aryl methyl sites for hydroxylation is 1. The van der Waals surface area contributed by atoms with E-state index in [1.54, 1.807) is 11.8 Å². The third-order valence-electron chi connectivity index (χ3n) is 3.47. The highest BCUT2D eigenvalue weighted by Gasteiger charge is 2.18. The van der Waals surface area contributed by atoms with Gasteiger partial charge in [0, 0.05) is 5.56 Å². The summed E-state index contributed by atoms with van der Waals surface area (Å²) >= 11 is 0. The van der Waals surface area contributed by atoms with Crippen molar-refractivity contribution in [1.29, 1.82) is 0 Å². The number of benzene rings is 2. The average Bonchev–Trinajstić information content (AvgIpc) is 2.83. The molecule has 0 amide bonds. The largest absolute Gasteiger partial charge is 0.496 e. The average molecular weight is 279 g/mol. The molecule has 0 saturated carbocycles. The first kappa shape index (κ1) is 13.2. The topological polar surface area (TPSA) is 53.1 Å². The lowest BCUT2D eigenvalue weighted by Crippen LogP contribution is -2.02. The molecule has 21 heavy (non-hydrogen) atoms. The van der Waals surface area contributed by atoms with E-state index in [-0.39, 0.29) is 0 Å². The zero-order chi connectivity index (χ0) is 14.8. The fraction of sp³-hybridized carbons (Fsp3) is 0.118. The SMILES string of the molecule is COc1ccccc1-c1c(C)nn(-c2ccccc2)c1N. The number of anilines is 1. The predicted octanol–water partition coefficient (Wildman–Crippen LogP) is 3.44. The second-order valence-corrected chi connectivity index (χ2v) is 4.79. The van der Waals surface area contributed by atoms with Gasteiger partial charge in [0.1, 0.15) is 11.6 Å². The van der Waals surface area contributed by atoms with Crippen LogP contribution in [0.2, 0.25) is 0 Å². The minimum absolute atomic E-state index is 0.614. The summed E-state index contributed by atoms with van der Waals surface area (Å²) in [5.41, 5.74) is 10.0. The summed E-state index contributed by atoms with van der Waals surface area (Å²) in [6.07, 6.45) is 0. The maximum absolute atomic E-state index is 6.34. The van der Waals surface area contributed by atoms with Gasteiger partial charge in [-0.25, -0.2) is 4.68 Å². The molecule has 3 rings (SSSR count). The molecular weight excluding hydrogens is 262 g/mol. The van der Waals surface area contributed by atoms with Crippen molar-refractivity contribution in [3.63, 3.8) is 0 Å². The monoisotopic (exact) mass is 279 g/mol. The Morgan fingerprint density at radius 3 is 2.38 bits per heavy atom. The van der Waals surface area contributed by atoms with Crippen LogP contribution in [0.5, 0.6) is 5.75 Å². The number of para-hydroxylation sites is 2. The number of ether oxygens (including phenoxy) is 1. The normalized spacial score (nSPS) is 10.6. The fourth-order valence-corrected chi connectivity index (χ4v) is 2.50. The number of rotatable bonds is 3. The highest BCUT2D eigenvalue weighted by Crippen LogP contribution is 2.36. The summed E-state index contributed by atoms with van der Waals surface area (Å²) < 4.78 is 7.19. The van der Waals surface area contributed by atoms with Gasteiger partial charge < -0.3 is 10.5 Å². The molecule has 4 nitrogen and oxygen atoms in total. The number of nitrogen functional groups attached to an aromatic ring is 1. The van der Waals surface area contributed by atoms with Crippen molar-refractivity contribution in [1.82, 2.24) is 9.78 Å². The van der Waals surface area contributed by atoms with Gasteiger partial charge in [0.2, 0.25) is 0 Å². The molecule has 1 heterocycles. The lowest BCUT2D eigenvalue weighted by Gasteiger charge is -2.09. The van der Waals surface area contributed by atoms with Crippen molar-refractivity contribution in [2.24, 2.45) is 0 Å². The third kappa shape index (κ3) is 2.25. The van der Waals surface area contributed by atoms with Crippen LogP contribution in [-0.4, -0.2) is 16.9 Å². The number of nitrogens with zero attached hydrogens (tertiary/aromatic N) is 2. The second-order valence-electron chi connectivity index (χ2n) is 4.79. The van der Waals surface area contributed by atoms with Crippen molar-refractivity contribution in [2.75, 3.05) is 12.8 Å². The number of methoxy groups -OCH3 is 1. The van der Waals surface area contributed by atoms with Gasteiger partial charge in [0.05, 0.1) is 24.1 Å². The van der Waals surface area contributed by atoms with Gasteiger partial charge in [-0.05, 0) is 25.1 Å². The van der Waals surface area contributed by atoms with E-state index in [1.807, 2.05) is 61.5 Å². The maximum atomic E-state index is 6.34. The molecule has 0 aliphatic heterocycles. The van der Waals surface area contributed by atoms with E-state index in [1.165, 1.54) is 0 Å². The molecular formula is C17H17N3O. The van der Waals surface area contributed by atoms with E-state index in [0.29, 0.717) is 5.82 Å². The molecule has 0 aliphatic rings. The van der Waals surface area contributed by atoms with E-state index < -0.39 is 0 Å². The molecule has 0 unspecified atom stereocenters. The van der Waals surface area contributed by atoms with Crippen LogP contribution in [0, 0.1) is 6.92 Å². The number of aromatic nitrogens is 2. The van der Waals surface area contributed by atoms with E-state index in [0.717, 1.165) is 28.3 Å². The smallest absolute Gasteiger partial charge is 0.135 e. The van der Waals surface area contributed by atoms with Gasteiger partial charge in [-0.15, -0.1) is 0 Å². The summed E-state index contributed by atoms with van der Waals surface area (Å²) in [7, 11) is 1.66. The van der Waals surface area contributed by atoms with Crippen LogP contribution in [0.1, 0.15) is 5.69 Å². The first-order chi connectivity index (χ1) is 10.2. The van der Waals surface area contributed by atoms with Crippen LogP contribution < -0.4 is 10.5 Å². The first-order valence-corrected chi connectivity index (χ1v) is 6.76. The van der Waals surface area contributed by atoms with Gasteiger partial charge >= 0.3 is 0 Å². The maximum Gasteiger partial charge on any atom is 0.135 e. The fourth-order valence-electron chi connectivity index (χ4n) is 2.50. The molecule has 0 spiro atoms. The number of hydrogen-bond acceptors (Lipinski definition) is 3. The summed E-state index contributed by atoms with van der Waals surface area (Å²) in [4.78, 5) is 0. The Labute approximate surface area is 123 Å². The van der Waals surface area contributed by atoms with Crippen LogP contribution >= 0.6 is 0 Å². The summed E-state index contributed by atoms with van der Waals surface area (Å²) in [6.45, 7) is 1.96. The highest BCUT2D eigenvalue weighted by atomic mass is 16.5. The molecule has 2 aromatic carbocycles. The number of nitrogens with two attached hydrogens (primary N) is 1. The second kappa shape index (κ2) is 5.32. The molecule has 4 heteroatoms. The number of hydrogen-bond donors (Lipinski definition) is 1. The Kier molecular flexibility index (Phi) is 3.36. The summed E-state index contributed by atoms with van der Waals surface area (Å²) in [5.74, 6) is 1.41. The minimum atomic E-state index is 0.614. The van der Waals surface area contributed by atoms with E-state index in [4.69, 9.17) is 10.5 Å². The Balaban J connectivity index is 2.19. The molecule has 2 N–H and O–H groups in total. The Morgan fingerprint density at radius 1 is 1.00 bits per heavy atom. The van der Waals surface area contributed by atoms with Gasteiger partial charge in [0.15, 0.2) is 0 Å². The van der Waals surface area contributed by atoms with Crippen molar-refractivity contribution in [2.45, 2.75) is 6.92 Å². The Bertz CT molecular complexity index is 763. The Morgan fingerprint density at radius 2 is 1.67 bits per heavy atom. The molecule has 0 saturated heterocycles. The van der Waals surface area contributed by atoms with Crippen LogP contribution in [-0.2, 0) is 0 Å². The molecule has 0 radical (unpaired) electrons. The molecule has 0 bridgehead atoms.